The van der Waals surface area contributed by atoms with Gasteiger partial charge in [0.15, 0.2) is 0 Å². The highest BCUT2D eigenvalue weighted by Crippen LogP contribution is 2.28. The summed E-state index contributed by atoms with van der Waals surface area (Å²) >= 11 is 0. The van der Waals surface area contributed by atoms with Gasteiger partial charge in [-0.05, 0) is 51.2 Å². The van der Waals surface area contributed by atoms with Crippen molar-refractivity contribution in [3.05, 3.63) is 22.9 Å². The Morgan fingerprint density at radius 2 is 2.00 bits per heavy atom. The van der Waals surface area contributed by atoms with E-state index >= 15 is 0 Å². The molecule has 0 fully saturated rings. The minimum Gasteiger partial charge on any atom is -0.350 e. The van der Waals surface area contributed by atoms with E-state index < -0.39 is 15.3 Å². The summed E-state index contributed by atoms with van der Waals surface area (Å²) < 4.78 is 26.7. The predicted octanol–water partition coefficient (Wildman–Crippen LogP) is 1.22. The monoisotopic (exact) mass is 309 g/mol. The Bertz CT molecular complexity index is 700. The zero-order valence-corrected chi connectivity index (χ0v) is 13.0. The van der Waals surface area contributed by atoms with Crippen LogP contribution in [0.1, 0.15) is 48.3 Å². The molecule has 7 heteroatoms. The molecule has 1 aromatic rings. The van der Waals surface area contributed by atoms with Crippen molar-refractivity contribution in [1.82, 2.24) is 10.3 Å². The summed E-state index contributed by atoms with van der Waals surface area (Å²) in [5, 5.41) is 2.47. The maximum Gasteiger partial charge on any atom is 0.253 e. The molecule has 0 bridgehead atoms. The first-order chi connectivity index (χ1) is 9.87. The fraction of sp³-hybridized carbons (Fsp3) is 0.571. The van der Waals surface area contributed by atoms with E-state index in [0.29, 0.717) is 36.3 Å². The first-order valence-corrected chi connectivity index (χ1v) is 8.77. The number of carbonyl (C=O) groups excluding carboxylic acids is 1. The second-order valence-electron chi connectivity index (χ2n) is 5.90. The summed E-state index contributed by atoms with van der Waals surface area (Å²) in [5.74, 6) is 0.269. The van der Waals surface area contributed by atoms with Gasteiger partial charge < -0.3 is 5.32 Å². The molecule has 1 aromatic heterocycles. The molecule has 3 rings (SSSR count). The highest BCUT2D eigenvalue weighted by atomic mass is 32.2. The van der Waals surface area contributed by atoms with Gasteiger partial charge in [0.2, 0.25) is 10.0 Å². The summed E-state index contributed by atoms with van der Waals surface area (Å²) in [5.41, 5.74) is 2.05. The number of aryl methyl sites for hydroxylation is 2. The van der Waals surface area contributed by atoms with Crippen molar-refractivity contribution >= 4 is 21.7 Å². The van der Waals surface area contributed by atoms with Gasteiger partial charge in [-0.15, -0.1) is 0 Å². The molecule has 6 nitrogen and oxygen atoms in total. The number of aromatic nitrogens is 1. The summed E-state index contributed by atoms with van der Waals surface area (Å²) in [6.45, 7) is 3.65. The predicted molar refractivity (Wildman–Crippen MR) is 79.8 cm³/mol. The molecule has 2 N–H and O–H groups in total. The van der Waals surface area contributed by atoms with Crippen LogP contribution in [0.4, 0.5) is 5.82 Å². The summed E-state index contributed by atoms with van der Waals surface area (Å²) in [4.78, 5) is 16.6. The molecule has 2 aliphatic rings. The molecule has 2 unspecified atom stereocenters. The molecule has 0 saturated carbocycles. The van der Waals surface area contributed by atoms with Crippen molar-refractivity contribution in [2.45, 2.75) is 50.8 Å². The zero-order chi connectivity index (χ0) is 15.2. The van der Waals surface area contributed by atoms with Gasteiger partial charge in [-0.2, -0.15) is 0 Å². The fourth-order valence-corrected chi connectivity index (χ4v) is 3.81. The number of pyridine rings is 1. The fourth-order valence-electron chi connectivity index (χ4n) is 2.74. The van der Waals surface area contributed by atoms with Crippen molar-refractivity contribution in [3.63, 3.8) is 0 Å². The number of nitrogens with zero attached hydrogens (tertiary/aromatic N) is 1. The average Bonchev–Trinajstić information content (AvgIpc) is 2.61. The van der Waals surface area contributed by atoms with Gasteiger partial charge in [-0.25, -0.2) is 13.4 Å². The lowest BCUT2D eigenvalue weighted by atomic mass is 10.0. The van der Waals surface area contributed by atoms with E-state index in [1.165, 1.54) is 0 Å². The van der Waals surface area contributed by atoms with Crippen LogP contribution in [0.15, 0.2) is 6.07 Å². The van der Waals surface area contributed by atoms with Crippen LogP contribution >= 0.6 is 0 Å². The Morgan fingerprint density at radius 3 is 2.76 bits per heavy atom. The van der Waals surface area contributed by atoms with Gasteiger partial charge in [0.25, 0.3) is 5.91 Å². The van der Waals surface area contributed by atoms with Gasteiger partial charge in [-0.1, -0.05) is 0 Å². The summed E-state index contributed by atoms with van der Waals surface area (Å²) in [6, 6.07) is 1.90. The normalized spacial score (nSPS) is 27.4. The third kappa shape index (κ3) is 2.62. The van der Waals surface area contributed by atoms with E-state index in [2.05, 4.69) is 15.0 Å². The van der Waals surface area contributed by atoms with Crippen LogP contribution in [0.2, 0.25) is 0 Å². The van der Waals surface area contributed by atoms with Crippen LogP contribution in [-0.4, -0.2) is 30.6 Å². The second kappa shape index (κ2) is 4.98. The van der Waals surface area contributed by atoms with Crippen molar-refractivity contribution in [3.8, 4) is 0 Å². The molecule has 0 aromatic carbocycles. The van der Waals surface area contributed by atoms with Crippen LogP contribution < -0.4 is 10.0 Å². The Balaban J connectivity index is 2.08. The van der Waals surface area contributed by atoms with Crippen molar-refractivity contribution in [1.29, 1.82) is 0 Å². The second-order valence-corrected chi connectivity index (χ2v) is 8.00. The third-order valence-corrected chi connectivity index (χ3v) is 5.98. The molecular formula is C14H19N3O3S. The molecule has 2 aliphatic heterocycles. The zero-order valence-electron chi connectivity index (χ0n) is 12.1. The Hall–Kier alpha value is -1.63. The van der Waals surface area contributed by atoms with Crippen molar-refractivity contribution < 1.29 is 13.2 Å². The van der Waals surface area contributed by atoms with E-state index in [1.807, 2.05) is 6.92 Å². The minimum absolute atomic E-state index is 0.100. The number of hydrogen-bond donors (Lipinski definition) is 2. The van der Waals surface area contributed by atoms with E-state index in [-0.39, 0.29) is 11.9 Å². The number of carbonyl (C=O) groups is 1. The maximum atomic E-state index is 12.2. The first-order valence-electron chi connectivity index (χ1n) is 7.22. The highest BCUT2D eigenvalue weighted by molar-refractivity contribution is 7.93. The van der Waals surface area contributed by atoms with Gasteiger partial charge in [0.1, 0.15) is 5.82 Å². The topological polar surface area (TPSA) is 88.2 Å². The van der Waals surface area contributed by atoms with E-state index in [1.54, 1.807) is 13.0 Å². The molecule has 2 atom stereocenters. The smallest absolute Gasteiger partial charge is 0.253 e. The number of amides is 1. The van der Waals surface area contributed by atoms with Crippen LogP contribution in [-0.2, 0) is 22.9 Å². The molecule has 0 aliphatic carbocycles. The van der Waals surface area contributed by atoms with Crippen LogP contribution in [0.25, 0.3) is 0 Å². The SMILES string of the molecule is CC1CCc2nc3c(cc2C(=O)N1)CCC(C)S(=O)(=O)N3. The van der Waals surface area contributed by atoms with Crippen LogP contribution in [0, 0.1) is 0 Å². The quantitative estimate of drug-likeness (QED) is 0.754. The highest BCUT2D eigenvalue weighted by Gasteiger charge is 2.29. The molecule has 114 valence electrons. The number of nitrogens with one attached hydrogen (secondary N) is 2. The van der Waals surface area contributed by atoms with Gasteiger partial charge in [0, 0.05) is 6.04 Å². The average molecular weight is 309 g/mol. The first kappa shape index (κ1) is 14.3. The largest absolute Gasteiger partial charge is 0.350 e. The number of hydrogen-bond acceptors (Lipinski definition) is 4. The molecule has 0 radical (unpaired) electrons. The Morgan fingerprint density at radius 1 is 1.24 bits per heavy atom. The van der Waals surface area contributed by atoms with E-state index in [0.717, 1.165) is 12.0 Å². The molecule has 3 heterocycles. The molecule has 0 saturated heterocycles. The summed E-state index contributed by atoms with van der Waals surface area (Å²) in [7, 11) is -3.38. The molecule has 1 amide bonds. The maximum absolute atomic E-state index is 12.2. The van der Waals surface area contributed by atoms with E-state index in [4.69, 9.17) is 0 Å². The summed E-state index contributed by atoms with van der Waals surface area (Å²) in [6.07, 6.45) is 2.60. The van der Waals surface area contributed by atoms with Crippen LogP contribution in [0.5, 0.6) is 0 Å². The van der Waals surface area contributed by atoms with Crippen LogP contribution in [0.3, 0.4) is 0 Å². The number of rotatable bonds is 0. The molecule has 0 spiro atoms. The Labute approximate surface area is 124 Å². The van der Waals surface area contributed by atoms with E-state index in [9.17, 15) is 13.2 Å². The molecular weight excluding hydrogens is 290 g/mol. The van der Waals surface area contributed by atoms with Gasteiger partial charge in [0.05, 0.1) is 16.5 Å². The van der Waals surface area contributed by atoms with Crippen molar-refractivity contribution in [2.75, 3.05) is 4.72 Å². The number of sulfonamides is 1. The lowest BCUT2D eigenvalue weighted by Crippen LogP contribution is -2.30. The standard InChI is InChI=1S/C14H19N3O3S/c1-8-3-6-12-11(14(18)15-8)7-10-5-4-9(2)21(19,20)17-13(10)16-12/h7-9H,3-6H2,1-2H3,(H,15,18)(H,16,17). The number of anilines is 1. The Kier molecular flexibility index (Phi) is 3.39. The van der Waals surface area contributed by atoms with Gasteiger partial charge in [-0.3, -0.25) is 9.52 Å². The van der Waals surface area contributed by atoms with Crippen molar-refractivity contribution in [2.24, 2.45) is 0 Å². The third-order valence-electron chi connectivity index (χ3n) is 4.21. The lowest BCUT2D eigenvalue weighted by Gasteiger charge is -2.12. The minimum atomic E-state index is -3.38. The lowest BCUT2D eigenvalue weighted by molar-refractivity contribution is 0.0942. The molecule has 21 heavy (non-hydrogen) atoms. The van der Waals surface area contributed by atoms with Gasteiger partial charge >= 0.3 is 0 Å². The number of fused-ring (bicyclic) bond motifs is 2.